The second-order valence-electron chi connectivity index (χ2n) is 5.65. The predicted octanol–water partition coefficient (Wildman–Crippen LogP) is 2.07. The molecule has 5 heteroatoms. The van der Waals surface area contributed by atoms with Gasteiger partial charge in [0.2, 0.25) is 5.88 Å². The second kappa shape index (κ2) is 7.42. The molecule has 0 saturated carbocycles. The Labute approximate surface area is 131 Å². The minimum Gasteiger partial charge on any atom is -0.481 e. The van der Waals surface area contributed by atoms with Crippen LogP contribution in [0.3, 0.4) is 0 Å². The van der Waals surface area contributed by atoms with Gasteiger partial charge in [-0.15, -0.1) is 0 Å². The lowest BCUT2D eigenvalue weighted by Gasteiger charge is -2.15. The van der Waals surface area contributed by atoms with E-state index in [0.29, 0.717) is 5.88 Å². The molecule has 1 N–H and O–H groups in total. The maximum absolute atomic E-state index is 5.11. The normalized spacial score (nSPS) is 15.3. The Morgan fingerprint density at radius 3 is 2.82 bits per heavy atom. The number of aromatic nitrogens is 2. The first-order valence-electron chi connectivity index (χ1n) is 7.96. The van der Waals surface area contributed by atoms with Crippen LogP contribution in [0.25, 0.3) is 5.69 Å². The molecule has 1 aliphatic rings. The van der Waals surface area contributed by atoms with Crippen molar-refractivity contribution in [1.29, 1.82) is 0 Å². The zero-order chi connectivity index (χ0) is 15.2. The summed E-state index contributed by atoms with van der Waals surface area (Å²) in [7, 11) is 1.63. The van der Waals surface area contributed by atoms with E-state index in [1.165, 1.54) is 31.6 Å². The smallest absolute Gasteiger partial charge is 0.213 e. The molecule has 0 atom stereocenters. The van der Waals surface area contributed by atoms with Crippen LogP contribution < -0.4 is 10.1 Å². The number of nitrogens with zero attached hydrogens (tertiary/aromatic N) is 3. The molecule has 0 spiro atoms. The van der Waals surface area contributed by atoms with Gasteiger partial charge in [0, 0.05) is 37.6 Å². The quantitative estimate of drug-likeness (QED) is 0.795. The van der Waals surface area contributed by atoms with Crippen molar-refractivity contribution in [3.8, 4) is 11.6 Å². The number of methoxy groups -OCH3 is 1. The van der Waals surface area contributed by atoms with Crippen LogP contribution in [-0.2, 0) is 6.54 Å². The van der Waals surface area contributed by atoms with E-state index in [9.17, 15) is 0 Å². The van der Waals surface area contributed by atoms with Crippen molar-refractivity contribution in [3.05, 3.63) is 42.4 Å². The van der Waals surface area contributed by atoms with Crippen molar-refractivity contribution in [3.63, 3.8) is 0 Å². The minimum atomic E-state index is 0.640. The molecule has 22 heavy (non-hydrogen) atoms. The number of hydrogen-bond acceptors (Lipinski definition) is 4. The fraction of sp³-hybridized carbons (Fsp3) is 0.471. The van der Waals surface area contributed by atoms with Crippen LogP contribution in [-0.4, -0.2) is 47.7 Å². The first-order chi connectivity index (χ1) is 10.9. The maximum Gasteiger partial charge on any atom is 0.213 e. The molecular formula is C17H24N4O. The van der Waals surface area contributed by atoms with Gasteiger partial charge in [0.05, 0.1) is 19.0 Å². The van der Waals surface area contributed by atoms with Gasteiger partial charge in [-0.25, -0.2) is 4.98 Å². The van der Waals surface area contributed by atoms with Crippen LogP contribution in [0.4, 0.5) is 0 Å². The van der Waals surface area contributed by atoms with Crippen LogP contribution in [0.15, 0.2) is 36.7 Å². The number of ether oxygens (including phenoxy) is 1. The summed E-state index contributed by atoms with van der Waals surface area (Å²) in [6.07, 6.45) is 6.62. The summed E-state index contributed by atoms with van der Waals surface area (Å²) < 4.78 is 7.27. The molecule has 1 fully saturated rings. The summed E-state index contributed by atoms with van der Waals surface area (Å²) >= 11 is 0. The zero-order valence-electron chi connectivity index (χ0n) is 13.2. The molecule has 2 aromatic rings. The Hall–Kier alpha value is -1.85. The van der Waals surface area contributed by atoms with Gasteiger partial charge in [0.25, 0.3) is 0 Å². The third-order valence-electron chi connectivity index (χ3n) is 4.15. The summed E-state index contributed by atoms with van der Waals surface area (Å²) in [6.45, 7) is 5.56. The van der Waals surface area contributed by atoms with Crippen molar-refractivity contribution in [2.75, 3.05) is 33.3 Å². The second-order valence-corrected chi connectivity index (χ2v) is 5.65. The topological polar surface area (TPSA) is 42.3 Å². The van der Waals surface area contributed by atoms with E-state index in [2.05, 4.69) is 38.1 Å². The number of nitrogens with one attached hydrogen (secondary N) is 1. The Kier molecular flexibility index (Phi) is 5.08. The van der Waals surface area contributed by atoms with Gasteiger partial charge in [0.15, 0.2) is 0 Å². The number of likely N-dealkylation sites (tertiary alicyclic amines) is 1. The average molecular weight is 300 g/mol. The van der Waals surface area contributed by atoms with Crippen LogP contribution >= 0.6 is 0 Å². The van der Waals surface area contributed by atoms with Gasteiger partial charge in [-0.05, 0) is 44.1 Å². The zero-order valence-corrected chi connectivity index (χ0v) is 13.2. The van der Waals surface area contributed by atoms with E-state index in [4.69, 9.17) is 4.74 Å². The molecule has 1 saturated heterocycles. The first-order valence-corrected chi connectivity index (χ1v) is 7.96. The summed E-state index contributed by atoms with van der Waals surface area (Å²) in [5.41, 5.74) is 2.30. The molecule has 3 rings (SSSR count). The third-order valence-corrected chi connectivity index (χ3v) is 4.15. The van der Waals surface area contributed by atoms with Crippen LogP contribution in [0, 0.1) is 0 Å². The number of hydrogen-bond donors (Lipinski definition) is 1. The van der Waals surface area contributed by atoms with E-state index in [-0.39, 0.29) is 0 Å². The molecule has 0 aliphatic carbocycles. The number of pyridine rings is 1. The Bertz CT molecular complexity index is 573. The monoisotopic (exact) mass is 300 g/mol. The molecule has 0 bridgehead atoms. The van der Waals surface area contributed by atoms with E-state index in [1.54, 1.807) is 7.11 Å². The van der Waals surface area contributed by atoms with Crippen LogP contribution in [0.5, 0.6) is 5.88 Å². The van der Waals surface area contributed by atoms with Crippen molar-refractivity contribution < 1.29 is 4.74 Å². The van der Waals surface area contributed by atoms with Gasteiger partial charge >= 0.3 is 0 Å². The predicted molar refractivity (Wildman–Crippen MR) is 87.5 cm³/mol. The van der Waals surface area contributed by atoms with Gasteiger partial charge in [-0.2, -0.15) is 0 Å². The lowest BCUT2D eigenvalue weighted by atomic mass is 10.3. The van der Waals surface area contributed by atoms with Gasteiger partial charge in [-0.1, -0.05) is 0 Å². The Balaban J connectivity index is 1.54. The fourth-order valence-corrected chi connectivity index (χ4v) is 2.91. The molecule has 5 nitrogen and oxygen atoms in total. The van der Waals surface area contributed by atoms with E-state index in [0.717, 1.165) is 25.3 Å². The van der Waals surface area contributed by atoms with Gasteiger partial charge in [-0.3, -0.25) is 0 Å². The number of rotatable bonds is 7. The molecule has 0 radical (unpaired) electrons. The van der Waals surface area contributed by atoms with Crippen LogP contribution in [0.2, 0.25) is 0 Å². The average Bonchev–Trinajstić information content (AvgIpc) is 3.23. The van der Waals surface area contributed by atoms with E-state index >= 15 is 0 Å². The molecular weight excluding hydrogens is 276 g/mol. The lowest BCUT2D eigenvalue weighted by Crippen LogP contribution is -2.30. The largest absolute Gasteiger partial charge is 0.481 e. The summed E-state index contributed by atoms with van der Waals surface area (Å²) in [5, 5.41) is 3.54. The molecule has 0 aromatic carbocycles. The highest BCUT2D eigenvalue weighted by Gasteiger charge is 2.10. The van der Waals surface area contributed by atoms with Gasteiger partial charge < -0.3 is 19.5 Å². The molecule has 118 valence electrons. The highest BCUT2D eigenvalue weighted by Crippen LogP contribution is 2.14. The Morgan fingerprint density at radius 2 is 2.09 bits per heavy atom. The molecule has 0 unspecified atom stereocenters. The first kappa shape index (κ1) is 15.1. The SMILES string of the molecule is COc1ccc(-n2cccc2CNCCN2CCCC2)cn1. The minimum absolute atomic E-state index is 0.640. The molecule has 2 aromatic heterocycles. The summed E-state index contributed by atoms with van der Waals surface area (Å²) in [5.74, 6) is 0.640. The van der Waals surface area contributed by atoms with Crippen LogP contribution in [0.1, 0.15) is 18.5 Å². The molecule has 1 aliphatic heterocycles. The Morgan fingerprint density at radius 1 is 1.23 bits per heavy atom. The van der Waals surface area contributed by atoms with Crippen molar-refractivity contribution in [2.45, 2.75) is 19.4 Å². The summed E-state index contributed by atoms with van der Waals surface area (Å²) in [6, 6.07) is 8.13. The maximum atomic E-state index is 5.11. The van der Waals surface area contributed by atoms with Crippen molar-refractivity contribution in [1.82, 2.24) is 19.8 Å². The fourth-order valence-electron chi connectivity index (χ4n) is 2.91. The highest BCUT2D eigenvalue weighted by molar-refractivity contribution is 5.34. The van der Waals surface area contributed by atoms with Crippen molar-refractivity contribution in [2.24, 2.45) is 0 Å². The molecule has 3 heterocycles. The van der Waals surface area contributed by atoms with E-state index in [1.807, 2.05) is 18.3 Å². The standard InChI is InChI=1S/C17H24N4O/c1-22-17-7-6-16(14-19-17)21-11-4-5-15(21)13-18-8-12-20-9-2-3-10-20/h4-7,11,14,18H,2-3,8-10,12-13H2,1H3. The van der Waals surface area contributed by atoms with Gasteiger partial charge in [0.1, 0.15) is 0 Å². The highest BCUT2D eigenvalue weighted by atomic mass is 16.5. The lowest BCUT2D eigenvalue weighted by molar-refractivity contribution is 0.335. The summed E-state index contributed by atoms with van der Waals surface area (Å²) in [4.78, 5) is 6.80. The van der Waals surface area contributed by atoms with E-state index < -0.39 is 0 Å². The third kappa shape index (κ3) is 3.67. The molecule has 0 amide bonds. The van der Waals surface area contributed by atoms with Crippen molar-refractivity contribution >= 4 is 0 Å².